The number of aryl methyl sites for hydroxylation is 1. The zero-order valence-corrected chi connectivity index (χ0v) is 11.1. The molecule has 1 aliphatic rings. The lowest BCUT2D eigenvalue weighted by molar-refractivity contribution is -0.133. The van der Waals surface area contributed by atoms with Crippen LogP contribution in [0.15, 0.2) is 16.0 Å². The predicted octanol–water partition coefficient (Wildman–Crippen LogP) is 1.75. The molecule has 0 amide bonds. The van der Waals surface area contributed by atoms with E-state index in [1.807, 2.05) is 11.5 Å². The second kappa shape index (κ2) is 4.69. The molecule has 0 aromatic carbocycles. The molecule has 0 unspecified atom stereocenters. The van der Waals surface area contributed by atoms with Gasteiger partial charge in [0.15, 0.2) is 17.3 Å². The molecule has 0 bridgehead atoms. The van der Waals surface area contributed by atoms with Crippen molar-refractivity contribution in [3.63, 3.8) is 0 Å². The summed E-state index contributed by atoms with van der Waals surface area (Å²) in [5.41, 5.74) is 0.754. The fraction of sp³-hybridized carbons (Fsp3) is 0.455. The molecule has 3 rings (SSSR count). The maximum absolute atomic E-state index is 10.7. The van der Waals surface area contributed by atoms with Gasteiger partial charge in [0.25, 0.3) is 0 Å². The second-order valence-electron chi connectivity index (χ2n) is 4.36. The van der Waals surface area contributed by atoms with Gasteiger partial charge < -0.3 is 9.52 Å². The number of rotatable bonds is 5. The SMILES string of the molecule is Cc1ncoc1-c1nnc(SCC(=O)O)n1C1CC1. The van der Waals surface area contributed by atoms with E-state index in [4.69, 9.17) is 9.52 Å². The first kappa shape index (κ1) is 12.2. The summed E-state index contributed by atoms with van der Waals surface area (Å²) in [5, 5.41) is 17.6. The number of carbonyl (C=O) groups is 1. The minimum absolute atomic E-state index is 0.0275. The Morgan fingerprint density at radius 2 is 2.37 bits per heavy atom. The smallest absolute Gasteiger partial charge is 0.313 e. The van der Waals surface area contributed by atoms with Crippen LogP contribution < -0.4 is 0 Å². The van der Waals surface area contributed by atoms with Gasteiger partial charge in [-0.2, -0.15) is 0 Å². The van der Waals surface area contributed by atoms with Crippen LogP contribution in [-0.4, -0.2) is 36.6 Å². The zero-order chi connectivity index (χ0) is 13.4. The van der Waals surface area contributed by atoms with E-state index < -0.39 is 5.97 Å². The van der Waals surface area contributed by atoms with E-state index in [0.717, 1.165) is 18.5 Å². The summed E-state index contributed by atoms with van der Waals surface area (Å²) < 4.78 is 7.31. The highest BCUT2D eigenvalue weighted by atomic mass is 32.2. The number of thioether (sulfide) groups is 1. The Hall–Kier alpha value is -1.83. The molecule has 1 fully saturated rings. The van der Waals surface area contributed by atoms with Gasteiger partial charge >= 0.3 is 5.97 Å². The number of aromatic nitrogens is 4. The molecule has 8 heteroatoms. The van der Waals surface area contributed by atoms with Gasteiger partial charge in [-0.15, -0.1) is 10.2 Å². The molecule has 0 radical (unpaired) electrons. The average Bonchev–Trinajstić information content (AvgIpc) is 2.98. The molecule has 1 saturated carbocycles. The van der Waals surface area contributed by atoms with Crippen LogP contribution in [0.5, 0.6) is 0 Å². The Labute approximate surface area is 113 Å². The Morgan fingerprint density at radius 1 is 1.58 bits per heavy atom. The summed E-state index contributed by atoms with van der Waals surface area (Å²) in [6.07, 6.45) is 3.48. The molecular formula is C11H12N4O3S. The van der Waals surface area contributed by atoms with Crippen molar-refractivity contribution in [3.8, 4) is 11.6 Å². The Balaban J connectivity index is 1.97. The molecule has 0 atom stereocenters. The van der Waals surface area contributed by atoms with Crippen LogP contribution in [0.3, 0.4) is 0 Å². The first-order valence-electron chi connectivity index (χ1n) is 5.86. The summed E-state index contributed by atoms with van der Waals surface area (Å²) in [4.78, 5) is 14.7. The van der Waals surface area contributed by atoms with Gasteiger partial charge in [0, 0.05) is 6.04 Å². The van der Waals surface area contributed by atoms with Crippen LogP contribution >= 0.6 is 11.8 Å². The van der Waals surface area contributed by atoms with Crippen molar-refractivity contribution < 1.29 is 14.3 Å². The van der Waals surface area contributed by atoms with Gasteiger partial charge in [-0.25, -0.2) is 4.98 Å². The Morgan fingerprint density at radius 3 is 2.95 bits per heavy atom. The lowest BCUT2D eigenvalue weighted by Crippen LogP contribution is -2.03. The summed E-state index contributed by atoms with van der Waals surface area (Å²) in [6, 6.07) is 0.339. The van der Waals surface area contributed by atoms with Crippen molar-refractivity contribution in [3.05, 3.63) is 12.1 Å². The Kier molecular flexibility index (Phi) is 3.02. The predicted molar refractivity (Wildman–Crippen MR) is 66.9 cm³/mol. The molecule has 2 aromatic rings. The van der Waals surface area contributed by atoms with Crippen LogP contribution in [0.4, 0.5) is 0 Å². The molecule has 1 N–H and O–H groups in total. The molecule has 1 aliphatic carbocycles. The van der Waals surface area contributed by atoms with E-state index in [9.17, 15) is 4.79 Å². The average molecular weight is 280 g/mol. The lowest BCUT2D eigenvalue weighted by atomic mass is 10.3. The normalized spacial score (nSPS) is 14.8. The van der Waals surface area contributed by atoms with Crippen molar-refractivity contribution >= 4 is 17.7 Å². The van der Waals surface area contributed by atoms with E-state index in [0.29, 0.717) is 22.8 Å². The van der Waals surface area contributed by atoms with Crippen LogP contribution in [-0.2, 0) is 4.79 Å². The summed E-state index contributed by atoms with van der Waals surface area (Å²) in [5.74, 6) is 0.333. The van der Waals surface area contributed by atoms with Crippen LogP contribution in [0.25, 0.3) is 11.6 Å². The minimum Gasteiger partial charge on any atom is -0.481 e. The van der Waals surface area contributed by atoms with E-state index in [-0.39, 0.29) is 5.75 Å². The van der Waals surface area contributed by atoms with Crippen molar-refractivity contribution in [1.82, 2.24) is 19.7 Å². The highest BCUT2D eigenvalue weighted by Crippen LogP contribution is 2.41. The second-order valence-corrected chi connectivity index (χ2v) is 5.30. The summed E-state index contributed by atoms with van der Waals surface area (Å²) in [6.45, 7) is 1.84. The first-order chi connectivity index (χ1) is 9.16. The van der Waals surface area contributed by atoms with Gasteiger partial charge in [-0.1, -0.05) is 11.8 Å². The number of oxazole rings is 1. The molecule has 0 spiro atoms. The third kappa shape index (κ3) is 2.35. The topological polar surface area (TPSA) is 94.0 Å². The Bertz CT molecular complexity index is 617. The van der Waals surface area contributed by atoms with E-state index in [1.54, 1.807) is 0 Å². The van der Waals surface area contributed by atoms with Crippen LogP contribution in [0.1, 0.15) is 24.6 Å². The number of hydrogen-bond donors (Lipinski definition) is 1. The fourth-order valence-electron chi connectivity index (χ4n) is 1.83. The summed E-state index contributed by atoms with van der Waals surface area (Å²) >= 11 is 1.18. The number of carboxylic acids is 1. The molecule has 0 aliphatic heterocycles. The minimum atomic E-state index is -0.868. The molecule has 19 heavy (non-hydrogen) atoms. The van der Waals surface area contributed by atoms with Gasteiger partial charge in [-0.3, -0.25) is 9.36 Å². The fourth-order valence-corrected chi connectivity index (χ4v) is 2.56. The standard InChI is InChI=1S/C11H12N4O3S/c1-6-9(18-5-12-6)10-13-14-11(19-4-8(16)17)15(10)7-2-3-7/h5,7H,2-4H2,1H3,(H,16,17). The molecule has 2 heterocycles. The summed E-state index contributed by atoms with van der Waals surface area (Å²) in [7, 11) is 0. The van der Waals surface area contributed by atoms with Crippen LogP contribution in [0.2, 0.25) is 0 Å². The van der Waals surface area contributed by atoms with Gasteiger partial charge in [0.2, 0.25) is 5.82 Å². The molecule has 100 valence electrons. The highest BCUT2D eigenvalue weighted by molar-refractivity contribution is 7.99. The largest absolute Gasteiger partial charge is 0.481 e. The van der Waals surface area contributed by atoms with Crippen molar-refractivity contribution in [1.29, 1.82) is 0 Å². The molecule has 2 aromatic heterocycles. The van der Waals surface area contributed by atoms with Gasteiger partial charge in [-0.05, 0) is 19.8 Å². The van der Waals surface area contributed by atoms with Gasteiger partial charge in [0.1, 0.15) is 0 Å². The van der Waals surface area contributed by atoms with Crippen LogP contribution in [0, 0.1) is 6.92 Å². The maximum atomic E-state index is 10.7. The van der Waals surface area contributed by atoms with Crippen molar-refractivity contribution in [2.45, 2.75) is 31.0 Å². The molecule has 0 saturated heterocycles. The number of nitrogens with zero attached hydrogens (tertiary/aromatic N) is 4. The van der Waals surface area contributed by atoms with Crippen molar-refractivity contribution in [2.24, 2.45) is 0 Å². The quantitative estimate of drug-likeness (QED) is 0.834. The van der Waals surface area contributed by atoms with Crippen molar-refractivity contribution in [2.75, 3.05) is 5.75 Å². The monoisotopic (exact) mass is 280 g/mol. The van der Waals surface area contributed by atoms with E-state index in [2.05, 4.69) is 15.2 Å². The van der Waals surface area contributed by atoms with E-state index >= 15 is 0 Å². The molecule has 7 nitrogen and oxygen atoms in total. The number of hydrogen-bond acceptors (Lipinski definition) is 6. The third-order valence-corrected chi connectivity index (χ3v) is 3.78. The zero-order valence-electron chi connectivity index (χ0n) is 10.2. The van der Waals surface area contributed by atoms with E-state index in [1.165, 1.54) is 18.2 Å². The lowest BCUT2D eigenvalue weighted by Gasteiger charge is -2.06. The number of aliphatic carboxylic acids is 1. The number of carboxylic acid groups (broad SMARTS) is 1. The highest BCUT2D eigenvalue weighted by Gasteiger charge is 2.31. The third-order valence-electron chi connectivity index (χ3n) is 2.85. The molecular weight excluding hydrogens is 268 g/mol. The maximum Gasteiger partial charge on any atom is 0.313 e. The van der Waals surface area contributed by atoms with Gasteiger partial charge in [0.05, 0.1) is 11.4 Å². The first-order valence-corrected chi connectivity index (χ1v) is 6.85.